The molecule has 4 nitrogen and oxygen atoms in total. The molecule has 2 rings (SSSR count). The maximum Gasteiger partial charge on any atom is 0.417 e. The highest BCUT2D eigenvalue weighted by atomic mass is 32.1. The van der Waals surface area contributed by atoms with Gasteiger partial charge in [0, 0.05) is 22.8 Å². The van der Waals surface area contributed by atoms with Crippen molar-refractivity contribution in [2.75, 3.05) is 5.32 Å². The molecular formula is C11H9F3N4S2. The van der Waals surface area contributed by atoms with Gasteiger partial charge in [0.05, 0.1) is 5.56 Å². The van der Waals surface area contributed by atoms with Gasteiger partial charge in [0.2, 0.25) is 5.13 Å². The zero-order valence-electron chi connectivity index (χ0n) is 10.2. The Balaban J connectivity index is 2.38. The second-order valence-corrected chi connectivity index (χ2v) is 5.09. The van der Waals surface area contributed by atoms with E-state index in [-0.39, 0.29) is 10.6 Å². The highest BCUT2D eigenvalue weighted by molar-refractivity contribution is 7.80. The van der Waals surface area contributed by atoms with Gasteiger partial charge in [0.1, 0.15) is 10.8 Å². The molecule has 1 aromatic carbocycles. The van der Waals surface area contributed by atoms with Gasteiger partial charge in [-0.15, -0.1) is 0 Å². The van der Waals surface area contributed by atoms with Gasteiger partial charge in [0.15, 0.2) is 0 Å². The first-order valence-corrected chi connectivity index (χ1v) is 6.54. The van der Waals surface area contributed by atoms with Crippen LogP contribution in [0.25, 0.3) is 0 Å². The number of nitrogens with zero attached hydrogens (tertiary/aromatic N) is 2. The van der Waals surface area contributed by atoms with Crippen LogP contribution in [0.15, 0.2) is 18.2 Å². The number of aromatic nitrogens is 2. The summed E-state index contributed by atoms with van der Waals surface area (Å²) in [6.45, 7) is 1.72. The molecule has 0 fully saturated rings. The first-order chi connectivity index (χ1) is 9.27. The van der Waals surface area contributed by atoms with Crippen LogP contribution in [0.3, 0.4) is 0 Å². The lowest BCUT2D eigenvalue weighted by Crippen LogP contribution is -2.18. The van der Waals surface area contributed by atoms with Gasteiger partial charge >= 0.3 is 6.18 Å². The molecule has 0 aliphatic heterocycles. The minimum atomic E-state index is -4.50. The molecule has 0 aliphatic carbocycles. The predicted molar refractivity (Wildman–Crippen MR) is 75.3 cm³/mol. The Hall–Kier alpha value is -1.74. The number of anilines is 2. The minimum Gasteiger partial charge on any atom is -0.389 e. The van der Waals surface area contributed by atoms with Crippen LogP contribution in [-0.2, 0) is 6.18 Å². The van der Waals surface area contributed by atoms with E-state index >= 15 is 0 Å². The van der Waals surface area contributed by atoms with Crippen molar-refractivity contribution in [1.29, 1.82) is 0 Å². The largest absolute Gasteiger partial charge is 0.417 e. The van der Waals surface area contributed by atoms with E-state index < -0.39 is 11.7 Å². The molecule has 0 saturated carbocycles. The van der Waals surface area contributed by atoms with Crippen LogP contribution in [0, 0.1) is 6.92 Å². The molecule has 0 atom stereocenters. The first kappa shape index (κ1) is 14.7. The van der Waals surface area contributed by atoms with Crippen LogP contribution in [0.1, 0.15) is 17.0 Å². The Morgan fingerprint density at radius 2 is 2.10 bits per heavy atom. The molecule has 2 aromatic rings. The van der Waals surface area contributed by atoms with E-state index in [1.54, 1.807) is 6.92 Å². The molecule has 0 amide bonds. The van der Waals surface area contributed by atoms with E-state index in [0.717, 1.165) is 17.6 Å². The maximum atomic E-state index is 12.8. The molecule has 20 heavy (non-hydrogen) atoms. The number of benzene rings is 1. The van der Waals surface area contributed by atoms with Crippen molar-refractivity contribution in [2.24, 2.45) is 5.73 Å². The zero-order valence-corrected chi connectivity index (χ0v) is 11.8. The molecule has 1 heterocycles. The lowest BCUT2D eigenvalue weighted by molar-refractivity contribution is -0.137. The average Bonchev–Trinajstić information content (AvgIpc) is 2.73. The minimum absolute atomic E-state index is 0.223. The molecule has 3 N–H and O–H groups in total. The predicted octanol–water partition coefficient (Wildman–Crippen LogP) is 3.24. The van der Waals surface area contributed by atoms with E-state index in [9.17, 15) is 13.2 Å². The molecule has 0 radical (unpaired) electrons. The fourth-order valence-electron chi connectivity index (χ4n) is 1.54. The topological polar surface area (TPSA) is 63.8 Å². The van der Waals surface area contributed by atoms with E-state index in [1.165, 1.54) is 12.1 Å². The highest BCUT2D eigenvalue weighted by Gasteiger charge is 2.34. The van der Waals surface area contributed by atoms with Crippen molar-refractivity contribution in [3.8, 4) is 0 Å². The Morgan fingerprint density at radius 1 is 1.40 bits per heavy atom. The molecule has 0 spiro atoms. The van der Waals surface area contributed by atoms with Crippen molar-refractivity contribution in [1.82, 2.24) is 9.36 Å². The van der Waals surface area contributed by atoms with Crippen LogP contribution >= 0.6 is 23.8 Å². The highest BCUT2D eigenvalue weighted by Crippen LogP contribution is 2.34. The monoisotopic (exact) mass is 318 g/mol. The number of hydrogen-bond acceptors (Lipinski definition) is 5. The maximum absolute atomic E-state index is 12.8. The second kappa shape index (κ2) is 5.33. The standard InChI is InChI=1S/C11H9F3N4S2/c1-5-16-10(20-18-5)17-6-2-3-8(11(12,13)14)7(4-6)9(15)19/h2-4H,1H3,(H2,15,19)(H,16,17,18). The fourth-order valence-corrected chi connectivity index (χ4v) is 2.31. The zero-order chi connectivity index (χ0) is 14.9. The summed E-state index contributed by atoms with van der Waals surface area (Å²) in [4.78, 5) is 3.75. The van der Waals surface area contributed by atoms with Crippen molar-refractivity contribution in [2.45, 2.75) is 13.1 Å². The number of hydrogen-bond donors (Lipinski definition) is 2. The van der Waals surface area contributed by atoms with E-state index in [0.29, 0.717) is 16.6 Å². The Kier molecular flexibility index (Phi) is 3.91. The van der Waals surface area contributed by atoms with E-state index in [4.69, 9.17) is 5.73 Å². The smallest absolute Gasteiger partial charge is 0.389 e. The molecule has 9 heteroatoms. The number of aryl methyl sites for hydroxylation is 1. The van der Waals surface area contributed by atoms with Crippen molar-refractivity contribution >= 4 is 39.6 Å². The van der Waals surface area contributed by atoms with Crippen molar-refractivity contribution in [3.63, 3.8) is 0 Å². The van der Waals surface area contributed by atoms with Crippen LogP contribution in [0.2, 0.25) is 0 Å². The van der Waals surface area contributed by atoms with Crippen LogP contribution in [0.5, 0.6) is 0 Å². The number of rotatable bonds is 3. The molecule has 0 saturated heterocycles. The molecular weight excluding hydrogens is 309 g/mol. The average molecular weight is 318 g/mol. The van der Waals surface area contributed by atoms with Crippen molar-refractivity contribution in [3.05, 3.63) is 35.2 Å². The SMILES string of the molecule is Cc1nsc(Nc2ccc(C(F)(F)F)c(C(N)=S)c2)n1. The van der Waals surface area contributed by atoms with Crippen LogP contribution in [-0.4, -0.2) is 14.3 Å². The fraction of sp³-hybridized carbons (Fsp3) is 0.182. The second-order valence-electron chi connectivity index (χ2n) is 3.89. The summed E-state index contributed by atoms with van der Waals surface area (Å²) in [6.07, 6.45) is -4.50. The quantitative estimate of drug-likeness (QED) is 0.851. The van der Waals surface area contributed by atoms with E-state index in [2.05, 4.69) is 26.9 Å². The van der Waals surface area contributed by atoms with Gasteiger partial charge in [0.25, 0.3) is 0 Å². The number of alkyl halides is 3. The summed E-state index contributed by atoms with van der Waals surface area (Å²) in [6, 6.07) is 3.48. The Bertz CT molecular complexity index is 651. The van der Waals surface area contributed by atoms with Crippen LogP contribution in [0.4, 0.5) is 24.0 Å². The number of nitrogens with two attached hydrogens (primary N) is 1. The summed E-state index contributed by atoms with van der Waals surface area (Å²) in [7, 11) is 0. The summed E-state index contributed by atoms with van der Waals surface area (Å²) >= 11 is 5.78. The molecule has 106 valence electrons. The summed E-state index contributed by atoms with van der Waals surface area (Å²) in [5.74, 6) is 0.582. The molecule has 0 unspecified atom stereocenters. The summed E-state index contributed by atoms with van der Waals surface area (Å²) in [5, 5.41) is 3.34. The molecule has 0 bridgehead atoms. The van der Waals surface area contributed by atoms with Gasteiger partial charge in [-0.25, -0.2) is 4.98 Å². The van der Waals surface area contributed by atoms with Gasteiger partial charge in [-0.05, 0) is 25.1 Å². The third-order valence-corrected chi connectivity index (χ3v) is 3.31. The van der Waals surface area contributed by atoms with Crippen LogP contribution < -0.4 is 11.1 Å². The Morgan fingerprint density at radius 3 is 2.60 bits per heavy atom. The number of nitrogens with one attached hydrogen (secondary N) is 1. The number of thiocarbonyl (C=S) groups is 1. The third-order valence-electron chi connectivity index (χ3n) is 2.37. The normalized spacial score (nSPS) is 11.4. The lowest BCUT2D eigenvalue weighted by Gasteiger charge is -2.13. The van der Waals surface area contributed by atoms with Crippen molar-refractivity contribution < 1.29 is 13.2 Å². The van der Waals surface area contributed by atoms with Gasteiger partial charge in [-0.3, -0.25) is 0 Å². The number of halogens is 3. The Labute approximate surface area is 122 Å². The molecule has 1 aromatic heterocycles. The van der Waals surface area contributed by atoms with Gasteiger partial charge in [-0.2, -0.15) is 17.5 Å². The van der Waals surface area contributed by atoms with Gasteiger partial charge < -0.3 is 11.1 Å². The van der Waals surface area contributed by atoms with E-state index in [1.807, 2.05) is 0 Å². The van der Waals surface area contributed by atoms with Gasteiger partial charge in [-0.1, -0.05) is 12.2 Å². The third kappa shape index (κ3) is 3.23. The summed E-state index contributed by atoms with van der Waals surface area (Å²) < 4.78 is 42.4. The lowest BCUT2D eigenvalue weighted by atomic mass is 10.1. The summed E-state index contributed by atoms with van der Waals surface area (Å²) in [5.41, 5.74) is 4.69. The molecule has 0 aliphatic rings. The first-order valence-electron chi connectivity index (χ1n) is 5.36.